The van der Waals surface area contributed by atoms with Gasteiger partial charge in [-0.1, -0.05) is 218 Å². The number of aromatic nitrogens is 1. The molecule has 362 valence electrons. The summed E-state index contributed by atoms with van der Waals surface area (Å²) in [5, 5.41) is 10.2. The van der Waals surface area contributed by atoms with Crippen molar-refractivity contribution in [1.29, 1.82) is 0 Å². The maximum atomic E-state index is 2.47. The van der Waals surface area contributed by atoms with E-state index in [0.29, 0.717) is 0 Å². The first-order valence-electron chi connectivity index (χ1n) is 27.3. The van der Waals surface area contributed by atoms with Gasteiger partial charge in [0.2, 0.25) is 0 Å². The van der Waals surface area contributed by atoms with Crippen molar-refractivity contribution in [2.75, 3.05) is 0 Å². The Hall–Kier alpha value is -9.56. The summed E-state index contributed by atoms with van der Waals surface area (Å²) in [5.41, 5.74) is 23.6. The van der Waals surface area contributed by atoms with Crippen molar-refractivity contribution in [3.63, 3.8) is 0 Å². The normalized spacial score (nSPS) is 12.9. The summed E-state index contributed by atoms with van der Waals surface area (Å²) in [6.07, 6.45) is 13.8. The van der Waals surface area contributed by atoms with Crippen molar-refractivity contribution in [3.8, 4) is 83.6 Å². The Balaban J connectivity index is 0.838. The van der Waals surface area contributed by atoms with Crippen LogP contribution in [0.1, 0.15) is 30.4 Å². The summed E-state index contributed by atoms with van der Waals surface area (Å²) in [7, 11) is 0. The molecule has 0 fully saturated rings. The quantitative estimate of drug-likeness (QED) is 0.143. The van der Waals surface area contributed by atoms with Gasteiger partial charge in [0, 0.05) is 16.5 Å². The lowest BCUT2D eigenvalue weighted by Gasteiger charge is -2.18. The van der Waals surface area contributed by atoms with Crippen molar-refractivity contribution in [1.82, 2.24) is 4.57 Å². The average Bonchev–Trinajstić information content (AvgIpc) is 4.02. The van der Waals surface area contributed by atoms with Crippen LogP contribution in [0, 0.1) is 0 Å². The van der Waals surface area contributed by atoms with Gasteiger partial charge in [-0.05, 0) is 201 Å². The molecule has 1 nitrogen and oxygen atoms in total. The molecule has 1 heterocycles. The summed E-state index contributed by atoms with van der Waals surface area (Å²) in [4.78, 5) is 0. The number of hydrogen-bond donors (Lipinski definition) is 0. The van der Waals surface area contributed by atoms with Crippen LogP contribution < -0.4 is 10.4 Å². The summed E-state index contributed by atoms with van der Waals surface area (Å²) in [6.45, 7) is 0. The minimum absolute atomic E-state index is 1.04. The van der Waals surface area contributed by atoms with E-state index >= 15 is 0 Å². The average molecular weight is 980 g/mol. The first-order valence-corrected chi connectivity index (χ1v) is 27.3. The number of rotatable bonds is 8. The topological polar surface area (TPSA) is 4.93 Å². The smallest absolute Gasteiger partial charge is 0.0541 e. The summed E-state index contributed by atoms with van der Waals surface area (Å²) in [5.74, 6) is 0. The third-order valence-corrected chi connectivity index (χ3v) is 16.5. The van der Waals surface area contributed by atoms with Gasteiger partial charge in [-0.25, -0.2) is 0 Å². The molecule has 2 aliphatic carbocycles. The molecule has 1 aromatic heterocycles. The number of aryl methyl sites for hydroxylation is 1. The predicted octanol–water partition coefficient (Wildman–Crippen LogP) is 19.1. The second-order valence-electron chi connectivity index (χ2n) is 21.0. The van der Waals surface area contributed by atoms with Gasteiger partial charge in [0.15, 0.2) is 0 Å². The van der Waals surface area contributed by atoms with E-state index in [4.69, 9.17) is 0 Å². The molecule has 2 aliphatic rings. The summed E-state index contributed by atoms with van der Waals surface area (Å²) < 4.78 is 2.46. The molecule has 77 heavy (non-hydrogen) atoms. The fourth-order valence-corrected chi connectivity index (χ4v) is 12.6. The lowest BCUT2D eigenvalue weighted by atomic mass is 9.85. The zero-order valence-corrected chi connectivity index (χ0v) is 42.8. The lowest BCUT2D eigenvalue weighted by molar-refractivity contribution is 0.986. The van der Waals surface area contributed by atoms with Crippen molar-refractivity contribution in [2.45, 2.75) is 25.7 Å². The minimum atomic E-state index is 1.04. The van der Waals surface area contributed by atoms with Gasteiger partial charge in [-0.3, -0.25) is 0 Å². The van der Waals surface area contributed by atoms with Crippen LogP contribution in [0.4, 0.5) is 0 Å². The third-order valence-electron chi connectivity index (χ3n) is 16.5. The number of allylic oxidation sites excluding steroid dienone is 1. The molecule has 0 spiro atoms. The highest BCUT2D eigenvalue weighted by molar-refractivity contribution is 6.12. The number of hydrogen-bond acceptors (Lipinski definition) is 0. The summed E-state index contributed by atoms with van der Waals surface area (Å²) >= 11 is 0. The SMILES string of the molecule is C1=Cc2cc(-c3ccc(-c4ccc5c(c4)c4cc(-c6ccc(-c7ccc8ccccc8c7)cc6)ccc4n5-c4ccc(-c5ccc6c(-c7ccccc7)c7c(c(-c8ccccc8)c6c5)=CCCC=7)cc4)cc3)ccc2CC1. The molecule has 0 saturated carbocycles. The van der Waals surface area contributed by atoms with Gasteiger partial charge in [-0.2, -0.15) is 0 Å². The largest absolute Gasteiger partial charge is 0.309 e. The molecule has 1 heteroatoms. The number of nitrogens with zero attached hydrogens (tertiary/aromatic N) is 1. The van der Waals surface area contributed by atoms with Crippen LogP contribution in [-0.2, 0) is 6.42 Å². The van der Waals surface area contributed by atoms with Crippen LogP contribution in [0.3, 0.4) is 0 Å². The van der Waals surface area contributed by atoms with Crippen molar-refractivity contribution < 1.29 is 0 Å². The van der Waals surface area contributed by atoms with Gasteiger partial charge in [0.25, 0.3) is 0 Å². The molecular weight excluding hydrogens is 927 g/mol. The maximum absolute atomic E-state index is 2.47. The second-order valence-corrected chi connectivity index (χ2v) is 21.0. The van der Waals surface area contributed by atoms with Gasteiger partial charge in [-0.15, -0.1) is 0 Å². The predicted molar refractivity (Wildman–Crippen MR) is 329 cm³/mol. The standard InChI is InChI=1S/C76H53N/c1-3-15-57(16-4-1)75-67-21-11-12-22-68(67)76(58-17-5-2-6-18-58)72-49-63(37-42-69(72)75)56-35-40-66(41-36-56)77-73-43-38-64(54-27-23-52(24-28-54)61-33-31-50-13-7-9-19-59(50)45-61)47-70(73)71-48-65(39-44-74(71)77)55-29-25-53(26-30-55)62-34-32-51-14-8-10-20-60(51)46-62/h1-7,9-10,13,15-49H,8,11-12,14H2. The number of fused-ring (bicyclic) bond motifs is 7. The first kappa shape index (κ1) is 44.9. The van der Waals surface area contributed by atoms with Crippen molar-refractivity contribution >= 4 is 61.6 Å². The van der Waals surface area contributed by atoms with Crippen molar-refractivity contribution in [2.24, 2.45) is 0 Å². The molecule has 0 atom stereocenters. The van der Waals surface area contributed by atoms with Gasteiger partial charge < -0.3 is 4.57 Å². The zero-order valence-electron chi connectivity index (χ0n) is 42.8. The first-order chi connectivity index (χ1) is 38.1. The molecule has 13 aromatic rings. The van der Waals surface area contributed by atoms with Crippen LogP contribution in [0.2, 0.25) is 0 Å². The van der Waals surface area contributed by atoms with E-state index in [2.05, 4.69) is 278 Å². The Kier molecular flexibility index (Phi) is 10.9. The van der Waals surface area contributed by atoms with E-state index in [1.807, 2.05) is 0 Å². The highest BCUT2D eigenvalue weighted by Crippen LogP contribution is 2.40. The highest BCUT2D eigenvalue weighted by Gasteiger charge is 2.19. The molecule has 0 N–H and O–H groups in total. The van der Waals surface area contributed by atoms with E-state index in [-0.39, 0.29) is 0 Å². The molecule has 15 rings (SSSR count). The van der Waals surface area contributed by atoms with E-state index in [1.54, 1.807) is 0 Å². The third kappa shape index (κ3) is 7.94. The summed E-state index contributed by atoms with van der Waals surface area (Å²) in [6, 6.07) is 92.9. The Labute approximate surface area is 449 Å². The lowest BCUT2D eigenvalue weighted by Crippen LogP contribution is -2.31. The van der Waals surface area contributed by atoms with Crippen molar-refractivity contribution in [3.05, 3.63) is 276 Å². The molecule has 12 aromatic carbocycles. The highest BCUT2D eigenvalue weighted by atomic mass is 15.0. The van der Waals surface area contributed by atoms with E-state index in [1.165, 1.54) is 143 Å². The molecule has 0 radical (unpaired) electrons. The van der Waals surface area contributed by atoms with Crippen LogP contribution in [0.15, 0.2) is 255 Å². The maximum Gasteiger partial charge on any atom is 0.0541 e. The minimum Gasteiger partial charge on any atom is -0.309 e. The molecule has 0 unspecified atom stereocenters. The van der Waals surface area contributed by atoms with E-state index in [9.17, 15) is 0 Å². The molecule has 0 aliphatic heterocycles. The van der Waals surface area contributed by atoms with Crippen LogP contribution in [0.25, 0.3) is 145 Å². The Bertz CT molecular complexity index is 4610. The second kappa shape index (κ2) is 18.7. The fourth-order valence-electron chi connectivity index (χ4n) is 12.6. The van der Waals surface area contributed by atoms with Crippen LogP contribution >= 0.6 is 0 Å². The monoisotopic (exact) mass is 979 g/mol. The van der Waals surface area contributed by atoms with Crippen LogP contribution in [-0.4, -0.2) is 4.57 Å². The Morgan fingerprint density at radius 2 is 0.727 bits per heavy atom. The van der Waals surface area contributed by atoms with Gasteiger partial charge in [0.05, 0.1) is 11.0 Å². The Morgan fingerprint density at radius 3 is 1.31 bits per heavy atom. The van der Waals surface area contributed by atoms with Crippen LogP contribution in [0.5, 0.6) is 0 Å². The molecule has 0 bridgehead atoms. The molecular formula is C76H53N. The Morgan fingerprint density at radius 1 is 0.286 bits per heavy atom. The van der Waals surface area contributed by atoms with E-state index in [0.717, 1.165) is 31.4 Å². The molecule has 0 saturated heterocycles. The van der Waals surface area contributed by atoms with Gasteiger partial charge >= 0.3 is 0 Å². The molecule has 0 amide bonds. The fraction of sp³-hybridized carbons (Fsp3) is 0.0526. The van der Waals surface area contributed by atoms with Gasteiger partial charge in [0.1, 0.15) is 0 Å². The van der Waals surface area contributed by atoms with E-state index < -0.39 is 0 Å². The zero-order chi connectivity index (χ0) is 50.8. The number of benzene rings is 12.